The van der Waals surface area contributed by atoms with Crippen LogP contribution in [0, 0.1) is 22.7 Å². The van der Waals surface area contributed by atoms with Gasteiger partial charge in [-0.05, 0) is 24.3 Å². The molecule has 52 heavy (non-hydrogen) atoms. The number of halogens is 2. The van der Waals surface area contributed by atoms with Gasteiger partial charge in [0.2, 0.25) is 0 Å². The number of hydrogen-bond acceptors (Lipinski definition) is 10. The van der Waals surface area contributed by atoms with Gasteiger partial charge in [-0.15, -0.1) is 0 Å². The molecule has 6 aromatic rings. The summed E-state index contributed by atoms with van der Waals surface area (Å²) >= 11 is 0. The summed E-state index contributed by atoms with van der Waals surface area (Å²) in [5.74, 6) is 0.711. The van der Waals surface area contributed by atoms with Gasteiger partial charge in [-0.2, -0.15) is 10.5 Å². The second kappa shape index (κ2) is 30.3. The fourth-order valence-corrected chi connectivity index (χ4v) is 3.63. The summed E-state index contributed by atoms with van der Waals surface area (Å²) in [5, 5.41) is 50.1. The Morgan fingerprint density at radius 1 is 0.538 bits per heavy atom. The number of aromatic nitrogens is 4. The Bertz CT molecular complexity index is 1950. The zero-order valence-corrected chi connectivity index (χ0v) is 30.4. The molecule has 0 saturated heterocycles. The number of benzene rings is 2. The van der Waals surface area contributed by atoms with Crippen LogP contribution in [0.2, 0.25) is 0 Å². The smallest absolute Gasteiger partial charge is 1.00 e. The van der Waals surface area contributed by atoms with Crippen molar-refractivity contribution in [2.75, 3.05) is 14.2 Å². The fourth-order valence-electron chi connectivity index (χ4n) is 3.63. The molecule has 0 saturated carbocycles. The van der Waals surface area contributed by atoms with Gasteiger partial charge in [0.25, 0.3) is 11.8 Å². The number of rotatable bonds is 2. The van der Waals surface area contributed by atoms with E-state index in [1.807, 2.05) is 24.3 Å². The van der Waals surface area contributed by atoms with E-state index in [4.69, 9.17) is 31.6 Å². The molecule has 4 heterocycles. The maximum absolute atomic E-state index is 9.90. The maximum atomic E-state index is 9.90. The number of amides is 2. The molecular formula is C34H28Cl2Cu2N10O4. The van der Waals surface area contributed by atoms with Crippen LogP contribution in [-0.2, 0) is 43.7 Å². The Morgan fingerprint density at radius 3 is 0.885 bits per heavy atom. The van der Waals surface area contributed by atoms with E-state index in [0.29, 0.717) is 0 Å². The summed E-state index contributed by atoms with van der Waals surface area (Å²) < 4.78 is 0. The summed E-state index contributed by atoms with van der Waals surface area (Å²) in [4.78, 5) is 37.2. The molecule has 0 unspecified atom stereocenters. The Kier molecular flexibility index (Phi) is 31.0. The summed E-state index contributed by atoms with van der Waals surface area (Å²) in [6.45, 7) is 0. The Morgan fingerprint density at radius 2 is 0.750 bits per heavy atom. The van der Waals surface area contributed by atoms with E-state index in [2.05, 4.69) is 79.9 Å². The van der Waals surface area contributed by atoms with Gasteiger partial charge >= 0.3 is 34.1 Å². The van der Waals surface area contributed by atoms with Gasteiger partial charge in [-0.1, -0.05) is 48.5 Å². The van der Waals surface area contributed by atoms with E-state index in [1.54, 1.807) is 24.8 Å². The minimum absolute atomic E-state index is 0. The van der Waals surface area contributed by atoms with E-state index in [0.717, 1.165) is 57.8 Å². The standard InChI is InChI=1S/2C12H8N2.2C4H2N3O.2CH4O.2ClH.2Cu/c2*1-3-9-5-6-10-4-2-8-14-12(10)11(9)13-7-1;2*5-1-3(2-6)4(7)8;2*1-2;;;;/h2*1-8H;2*(H2,7,8);2*2H,1H3;2*1H;;/q;;2*-1;;;;;2*+2/p-2. The number of nitrogens with zero attached hydrogens (tertiary/aromatic N) is 8. The van der Waals surface area contributed by atoms with Crippen LogP contribution in [0.15, 0.2) is 109 Å². The van der Waals surface area contributed by atoms with Crippen molar-refractivity contribution in [2.45, 2.75) is 0 Å². The van der Waals surface area contributed by atoms with Gasteiger partial charge in [0.1, 0.15) is 23.3 Å². The zero-order chi connectivity index (χ0) is 35.9. The van der Waals surface area contributed by atoms with Crippen molar-refractivity contribution in [3.05, 3.63) is 120 Å². The first kappa shape index (κ1) is 53.2. The normalized spacial score (nSPS) is 8.04. The number of primary amides is 2. The maximum Gasteiger partial charge on any atom is 2.00 e. The monoisotopic (exact) mass is 836 g/mol. The first-order valence-electron chi connectivity index (χ1n) is 13.3. The Balaban J connectivity index is -0.000000288. The van der Waals surface area contributed by atoms with E-state index in [9.17, 15) is 9.59 Å². The molecule has 0 spiro atoms. The molecule has 274 valence electrons. The quantitative estimate of drug-likeness (QED) is 0.0455. The van der Waals surface area contributed by atoms with Crippen molar-refractivity contribution in [1.29, 1.82) is 10.5 Å². The summed E-state index contributed by atoms with van der Waals surface area (Å²) in [6, 6.07) is 26.9. The molecule has 0 aliphatic rings. The Hall–Kier alpha value is -5.56. The second-order valence-corrected chi connectivity index (χ2v) is 8.36. The first-order valence-corrected chi connectivity index (χ1v) is 13.3. The summed E-state index contributed by atoms with van der Waals surface area (Å²) in [5.41, 5.74) is 11.9. The molecule has 6 N–H and O–H groups in total. The molecule has 14 nitrogen and oxygen atoms in total. The summed E-state index contributed by atoms with van der Waals surface area (Å²) in [6.07, 6.45) is 7.21. The molecular weight excluding hydrogens is 810 g/mol. The number of fused-ring (bicyclic) bond motifs is 6. The van der Waals surface area contributed by atoms with Crippen LogP contribution in [-0.4, -0.2) is 67.9 Å². The molecule has 0 fully saturated rings. The number of carbonyl (C=O) groups excluding carboxylic acids is 2. The molecule has 0 aliphatic carbocycles. The van der Waals surface area contributed by atoms with Crippen LogP contribution in [0.5, 0.6) is 0 Å². The molecule has 0 aliphatic heterocycles. The molecule has 2 radical (unpaired) electrons. The number of aliphatic hydroxyl groups excluding tert-OH is 2. The van der Waals surface area contributed by atoms with Crippen molar-refractivity contribution < 1.29 is 78.8 Å². The third-order valence-electron chi connectivity index (χ3n) is 5.63. The topological polar surface area (TPSA) is 270 Å². The minimum atomic E-state index is -0.977. The van der Waals surface area contributed by atoms with Crippen molar-refractivity contribution in [1.82, 2.24) is 19.9 Å². The predicted molar refractivity (Wildman–Crippen MR) is 184 cm³/mol. The number of aliphatic hydroxyl groups is 2. The van der Waals surface area contributed by atoms with Crippen molar-refractivity contribution in [3.63, 3.8) is 0 Å². The Labute approximate surface area is 332 Å². The molecule has 18 heteroatoms. The predicted octanol–water partition coefficient (Wildman–Crippen LogP) is -2.89. The third kappa shape index (κ3) is 16.0. The number of nitrogens with two attached hydrogens (primary N) is 2. The average molecular weight is 839 g/mol. The largest absolute Gasteiger partial charge is 2.00 e. The van der Waals surface area contributed by atoms with E-state index in [-0.39, 0.29) is 59.0 Å². The van der Waals surface area contributed by atoms with Crippen molar-refractivity contribution >= 4 is 67.2 Å². The molecule has 2 amide bonds. The SMILES string of the molecule is CO.CO.N#CC(=C=[N-])C(N)=O.N#CC(=C=[N-])C(N)=O.[Cl-].[Cl-].[Cu+2].[Cu+2].c1cnc2c(c1)ccc1cccnc12.c1cnc2c(c1)ccc1cccnc12. The average Bonchev–Trinajstić information content (AvgIpc) is 3.15. The van der Waals surface area contributed by atoms with Gasteiger partial charge < -0.3 is 57.3 Å². The van der Waals surface area contributed by atoms with Crippen molar-refractivity contribution in [3.8, 4) is 12.1 Å². The van der Waals surface area contributed by atoms with E-state index < -0.39 is 23.0 Å². The van der Waals surface area contributed by atoms with Crippen LogP contribution in [0.3, 0.4) is 0 Å². The third-order valence-corrected chi connectivity index (χ3v) is 5.63. The number of pyridine rings is 4. The molecule has 0 atom stereocenters. The number of hydrogen-bond donors (Lipinski definition) is 4. The van der Waals surface area contributed by atoms with Crippen LogP contribution >= 0.6 is 0 Å². The first-order chi connectivity index (χ1) is 23.3. The van der Waals surface area contributed by atoms with Crippen molar-refractivity contribution in [2.24, 2.45) is 11.5 Å². The zero-order valence-electron chi connectivity index (χ0n) is 27.0. The molecule has 6 rings (SSSR count). The minimum Gasteiger partial charge on any atom is -1.00 e. The van der Waals surface area contributed by atoms with Crippen LogP contribution in [0.1, 0.15) is 0 Å². The fraction of sp³-hybridized carbons (Fsp3) is 0.0588. The molecule has 2 aromatic carbocycles. The van der Waals surface area contributed by atoms with Crippen LogP contribution in [0.4, 0.5) is 0 Å². The molecule has 4 aromatic heterocycles. The van der Waals surface area contributed by atoms with Crippen LogP contribution in [0.25, 0.3) is 54.4 Å². The van der Waals surface area contributed by atoms with E-state index >= 15 is 0 Å². The van der Waals surface area contributed by atoms with Gasteiger partial charge in [0.05, 0.1) is 22.1 Å². The van der Waals surface area contributed by atoms with Gasteiger partial charge in [0, 0.05) is 60.6 Å². The number of nitriles is 2. The van der Waals surface area contributed by atoms with Gasteiger partial charge in [-0.25, -0.2) is 11.7 Å². The van der Waals surface area contributed by atoms with E-state index in [1.165, 1.54) is 23.9 Å². The number of carbonyl (C=O) groups is 2. The molecule has 0 bridgehead atoms. The summed E-state index contributed by atoms with van der Waals surface area (Å²) in [7, 11) is 2.00. The second-order valence-electron chi connectivity index (χ2n) is 8.36. The van der Waals surface area contributed by atoms with Gasteiger partial charge in [-0.3, -0.25) is 29.5 Å². The van der Waals surface area contributed by atoms with Crippen LogP contribution < -0.4 is 36.3 Å². The van der Waals surface area contributed by atoms with Gasteiger partial charge in [0.15, 0.2) is 0 Å².